The number of imidazole rings is 1. The highest BCUT2D eigenvalue weighted by Crippen LogP contribution is 2.26. The van der Waals surface area contributed by atoms with Crippen LogP contribution in [0.2, 0.25) is 0 Å². The Morgan fingerprint density at radius 1 is 1.26 bits per heavy atom. The summed E-state index contributed by atoms with van der Waals surface area (Å²) >= 11 is 0. The lowest BCUT2D eigenvalue weighted by Gasteiger charge is -2.23. The number of nitrogens with zero attached hydrogens (tertiary/aromatic N) is 6. The SMILES string of the molecule is NC(=O)c1ccc(-n2cnc(Nc3nc(N4CCC[C@H]4CO)nn4cccc34)c2)cc1. The number of primary amides is 1. The lowest BCUT2D eigenvalue weighted by Crippen LogP contribution is -2.34. The van der Waals surface area contributed by atoms with Crippen LogP contribution in [0.1, 0.15) is 23.2 Å². The molecule has 4 N–H and O–H groups in total. The van der Waals surface area contributed by atoms with Crippen molar-refractivity contribution in [2.24, 2.45) is 5.73 Å². The van der Waals surface area contributed by atoms with Gasteiger partial charge in [-0.1, -0.05) is 0 Å². The molecule has 5 rings (SSSR count). The predicted molar refractivity (Wildman–Crippen MR) is 116 cm³/mol. The van der Waals surface area contributed by atoms with Gasteiger partial charge in [0, 0.05) is 24.0 Å². The van der Waals surface area contributed by atoms with E-state index < -0.39 is 5.91 Å². The maximum atomic E-state index is 11.3. The molecule has 0 aliphatic carbocycles. The molecule has 10 nitrogen and oxygen atoms in total. The van der Waals surface area contributed by atoms with Gasteiger partial charge in [0.1, 0.15) is 17.7 Å². The van der Waals surface area contributed by atoms with Gasteiger partial charge in [0.05, 0.1) is 18.8 Å². The average Bonchev–Trinajstić information content (AvgIpc) is 3.53. The van der Waals surface area contributed by atoms with E-state index in [4.69, 9.17) is 10.7 Å². The fourth-order valence-electron chi connectivity index (χ4n) is 3.87. The number of aliphatic hydroxyl groups is 1. The molecule has 1 aliphatic heterocycles. The molecule has 0 bridgehead atoms. The van der Waals surface area contributed by atoms with Crippen molar-refractivity contribution in [3.63, 3.8) is 0 Å². The summed E-state index contributed by atoms with van der Waals surface area (Å²) in [5.41, 5.74) is 7.43. The van der Waals surface area contributed by atoms with Gasteiger partial charge >= 0.3 is 0 Å². The Kier molecular flexibility index (Phi) is 4.75. The molecule has 0 spiro atoms. The standard InChI is InChI=1S/C21H22N8O2/c22-19(31)14-5-7-15(8-6-14)27-11-18(23-13-27)24-20-17-4-2-10-29(17)26-21(25-20)28-9-1-3-16(28)12-30/h2,4-8,10-11,13,16,30H,1,3,9,12H2,(H2,22,31)(H,24,25,26)/t16-/m0/s1. The summed E-state index contributed by atoms with van der Waals surface area (Å²) in [5, 5.41) is 17.6. The molecular formula is C21H22N8O2. The number of benzene rings is 1. The molecule has 10 heteroatoms. The number of hydrogen-bond acceptors (Lipinski definition) is 7. The van der Waals surface area contributed by atoms with E-state index in [0.717, 1.165) is 30.6 Å². The van der Waals surface area contributed by atoms with Gasteiger partial charge in [-0.15, -0.1) is 5.10 Å². The minimum absolute atomic E-state index is 0.0310. The van der Waals surface area contributed by atoms with Crippen molar-refractivity contribution in [3.05, 3.63) is 60.7 Å². The lowest BCUT2D eigenvalue weighted by atomic mass is 10.2. The van der Waals surface area contributed by atoms with E-state index in [-0.39, 0.29) is 12.6 Å². The van der Waals surface area contributed by atoms with E-state index in [9.17, 15) is 9.90 Å². The van der Waals surface area contributed by atoms with Crippen LogP contribution in [-0.4, -0.2) is 54.4 Å². The molecule has 3 aromatic heterocycles. The van der Waals surface area contributed by atoms with Gasteiger partial charge in [0.15, 0.2) is 5.82 Å². The Labute approximate surface area is 177 Å². The summed E-state index contributed by atoms with van der Waals surface area (Å²) in [7, 11) is 0. The van der Waals surface area contributed by atoms with Crippen molar-refractivity contribution >= 4 is 29.0 Å². The third kappa shape index (κ3) is 3.57. The first kappa shape index (κ1) is 19.1. The molecule has 158 valence electrons. The van der Waals surface area contributed by atoms with Crippen molar-refractivity contribution in [1.29, 1.82) is 0 Å². The Bertz CT molecular complexity index is 1230. The van der Waals surface area contributed by atoms with Crippen molar-refractivity contribution < 1.29 is 9.90 Å². The van der Waals surface area contributed by atoms with Crippen LogP contribution in [0.4, 0.5) is 17.6 Å². The van der Waals surface area contributed by atoms with Gasteiger partial charge in [0.2, 0.25) is 11.9 Å². The number of aromatic nitrogens is 5. The maximum absolute atomic E-state index is 11.3. The zero-order valence-corrected chi connectivity index (χ0v) is 16.7. The molecule has 0 unspecified atom stereocenters. The third-order valence-corrected chi connectivity index (χ3v) is 5.50. The quantitative estimate of drug-likeness (QED) is 0.435. The minimum atomic E-state index is -0.461. The van der Waals surface area contributed by atoms with Crippen LogP contribution < -0.4 is 16.0 Å². The fraction of sp³-hybridized carbons (Fsp3) is 0.238. The van der Waals surface area contributed by atoms with Crippen molar-refractivity contribution in [2.75, 3.05) is 23.4 Å². The summed E-state index contributed by atoms with van der Waals surface area (Å²) in [4.78, 5) is 22.5. The molecule has 1 fully saturated rings. The van der Waals surface area contributed by atoms with E-state index in [1.165, 1.54) is 0 Å². The Morgan fingerprint density at radius 2 is 2.10 bits per heavy atom. The molecule has 1 saturated heterocycles. The van der Waals surface area contributed by atoms with E-state index in [1.54, 1.807) is 23.0 Å². The van der Waals surface area contributed by atoms with E-state index >= 15 is 0 Å². The second-order valence-corrected chi connectivity index (χ2v) is 7.47. The number of hydrogen-bond donors (Lipinski definition) is 3. The Hall–Kier alpha value is -3.92. The first-order valence-corrected chi connectivity index (χ1v) is 10.1. The molecule has 0 radical (unpaired) electrons. The van der Waals surface area contributed by atoms with Crippen LogP contribution in [0.25, 0.3) is 11.2 Å². The molecule has 4 heterocycles. The summed E-state index contributed by atoms with van der Waals surface area (Å²) < 4.78 is 3.61. The third-order valence-electron chi connectivity index (χ3n) is 5.50. The lowest BCUT2D eigenvalue weighted by molar-refractivity contribution is 0.100. The van der Waals surface area contributed by atoms with Gasteiger partial charge in [-0.3, -0.25) is 4.79 Å². The van der Waals surface area contributed by atoms with Crippen molar-refractivity contribution in [1.82, 2.24) is 24.1 Å². The Morgan fingerprint density at radius 3 is 2.87 bits per heavy atom. The molecular weight excluding hydrogens is 396 g/mol. The number of amides is 1. The normalized spacial score (nSPS) is 16.2. The zero-order chi connectivity index (χ0) is 21.4. The van der Waals surface area contributed by atoms with Gasteiger partial charge in [-0.2, -0.15) is 4.98 Å². The van der Waals surface area contributed by atoms with E-state index in [0.29, 0.717) is 23.1 Å². The minimum Gasteiger partial charge on any atom is -0.394 e. The van der Waals surface area contributed by atoms with Crippen LogP contribution in [0.3, 0.4) is 0 Å². The summed E-state index contributed by atoms with van der Waals surface area (Å²) in [5.74, 6) is 1.36. The molecule has 4 aromatic rings. The van der Waals surface area contributed by atoms with Crippen LogP contribution in [0, 0.1) is 0 Å². The van der Waals surface area contributed by atoms with Crippen molar-refractivity contribution in [2.45, 2.75) is 18.9 Å². The number of carbonyl (C=O) groups is 1. The topological polar surface area (TPSA) is 127 Å². The second-order valence-electron chi connectivity index (χ2n) is 7.47. The number of aliphatic hydroxyl groups excluding tert-OH is 1. The number of anilines is 3. The highest BCUT2D eigenvalue weighted by Gasteiger charge is 2.27. The molecule has 1 aromatic carbocycles. The number of nitrogens with one attached hydrogen (secondary N) is 1. The van der Waals surface area contributed by atoms with Gasteiger partial charge in [-0.05, 0) is 49.2 Å². The smallest absolute Gasteiger partial charge is 0.248 e. The van der Waals surface area contributed by atoms with Crippen LogP contribution in [0.15, 0.2) is 55.1 Å². The number of carbonyl (C=O) groups excluding carboxylic acids is 1. The molecule has 1 amide bonds. The van der Waals surface area contributed by atoms with E-state index in [2.05, 4.69) is 15.4 Å². The van der Waals surface area contributed by atoms with E-state index in [1.807, 2.05) is 46.1 Å². The monoisotopic (exact) mass is 418 g/mol. The molecule has 31 heavy (non-hydrogen) atoms. The summed E-state index contributed by atoms with van der Waals surface area (Å²) in [6, 6.07) is 10.8. The van der Waals surface area contributed by atoms with Crippen LogP contribution in [-0.2, 0) is 0 Å². The second kappa shape index (κ2) is 7.73. The fourth-order valence-corrected chi connectivity index (χ4v) is 3.87. The molecule has 0 saturated carbocycles. The number of nitrogens with two attached hydrogens (primary N) is 1. The number of rotatable bonds is 6. The van der Waals surface area contributed by atoms with Gasteiger partial charge in [-0.25, -0.2) is 9.50 Å². The highest BCUT2D eigenvalue weighted by molar-refractivity contribution is 5.92. The molecule has 1 atom stereocenters. The summed E-state index contributed by atoms with van der Waals surface area (Å²) in [6.45, 7) is 0.891. The van der Waals surface area contributed by atoms with Crippen molar-refractivity contribution in [3.8, 4) is 5.69 Å². The van der Waals surface area contributed by atoms with Crippen LogP contribution >= 0.6 is 0 Å². The number of fused-ring (bicyclic) bond motifs is 1. The van der Waals surface area contributed by atoms with Gasteiger partial charge in [0.25, 0.3) is 0 Å². The molecule has 1 aliphatic rings. The maximum Gasteiger partial charge on any atom is 0.248 e. The Balaban J connectivity index is 1.44. The zero-order valence-electron chi connectivity index (χ0n) is 16.7. The highest BCUT2D eigenvalue weighted by atomic mass is 16.3. The van der Waals surface area contributed by atoms with Crippen LogP contribution in [0.5, 0.6) is 0 Å². The van der Waals surface area contributed by atoms with Gasteiger partial charge < -0.3 is 25.6 Å². The average molecular weight is 418 g/mol. The summed E-state index contributed by atoms with van der Waals surface area (Å²) in [6.07, 6.45) is 7.31. The first-order chi connectivity index (χ1) is 15.1. The largest absolute Gasteiger partial charge is 0.394 e. The first-order valence-electron chi connectivity index (χ1n) is 10.1. The predicted octanol–water partition coefficient (Wildman–Crippen LogP) is 1.72.